The number of hydrogen-bond donors (Lipinski definition) is 1. The van der Waals surface area contributed by atoms with Crippen LogP contribution in [0.2, 0.25) is 0 Å². The molecule has 0 unspecified atom stereocenters. The van der Waals surface area contributed by atoms with Crippen LogP contribution < -0.4 is 5.73 Å². The van der Waals surface area contributed by atoms with Gasteiger partial charge in [-0.15, -0.1) is 0 Å². The van der Waals surface area contributed by atoms with E-state index in [0.29, 0.717) is 10.2 Å². The lowest BCUT2D eigenvalue weighted by Gasteiger charge is -2.06. The summed E-state index contributed by atoms with van der Waals surface area (Å²) in [5.74, 6) is -0.815. The van der Waals surface area contributed by atoms with Crippen molar-refractivity contribution in [1.29, 1.82) is 0 Å². The highest BCUT2D eigenvalue weighted by molar-refractivity contribution is 9.10. The number of nitrogens with zero attached hydrogens (tertiary/aromatic N) is 2. The molecule has 2 rings (SSSR count). The summed E-state index contributed by atoms with van der Waals surface area (Å²) in [6, 6.07) is 4.37. The van der Waals surface area contributed by atoms with E-state index in [9.17, 15) is 9.18 Å². The Morgan fingerprint density at radius 3 is 2.95 bits per heavy atom. The quantitative estimate of drug-likeness (QED) is 0.879. The van der Waals surface area contributed by atoms with Crippen molar-refractivity contribution in [1.82, 2.24) is 9.55 Å². The van der Waals surface area contributed by atoms with Gasteiger partial charge in [0.1, 0.15) is 18.0 Å². The standard InChI is InChI=1S/C12H11BrFN3O2/c1-2-19-12(18)10-11(15)17(6-16-10)7-3-4-9(14)8(13)5-7/h3-6H,2,15H2,1H3. The normalized spacial score (nSPS) is 10.5. The van der Waals surface area contributed by atoms with E-state index in [4.69, 9.17) is 10.5 Å². The van der Waals surface area contributed by atoms with Crippen molar-refractivity contribution < 1.29 is 13.9 Å². The summed E-state index contributed by atoms with van der Waals surface area (Å²) in [4.78, 5) is 15.5. The summed E-state index contributed by atoms with van der Waals surface area (Å²) in [5.41, 5.74) is 6.48. The lowest BCUT2D eigenvalue weighted by atomic mass is 10.3. The topological polar surface area (TPSA) is 70.1 Å². The number of nitrogens with two attached hydrogens (primary N) is 1. The number of rotatable bonds is 3. The number of nitrogen functional groups attached to an aromatic ring is 1. The molecule has 0 radical (unpaired) electrons. The number of hydrogen-bond acceptors (Lipinski definition) is 4. The molecule has 0 bridgehead atoms. The number of benzene rings is 1. The first-order chi connectivity index (χ1) is 9.04. The molecule has 2 aromatic rings. The van der Waals surface area contributed by atoms with Gasteiger partial charge in [-0.1, -0.05) is 0 Å². The minimum absolute atomic E-state index is 0.0438. The minimum Gasteiger partial charge on any atom is -0.461 e. The monoisotopic (exact) mass is 327 g/mol. The van der Waals surface area contributed by atoms with E-state index >= 15 is 0 Å². The fourth-order valence-electron chi connectivity index (χ4n) is 1.56. The molecule has 2 N–H and O–H groups in total. The molecule has 0 aliphatic rings. The lowest BCUT2D eigenvalue weighted by molar-refractivity contribution is 0.0521. The highest BCUT2D eigenvalue weighted by atomic mass is 79.9. The van der Waals surface area contributed by atoms with Gasteiger partial charge >= 0.3 is 5.97 Å². The van der Waals surface area contributed by atoms with Crippen molar-refractivity contribution >= 4 is 27.7 Å². The number of carbonyl (C=O) groups excluding carboxylic acids is 1. The highest BCUT2D eigenvalue weighted by Gasteiger charge is 2.17. The van der Waals surface area contributed by atoms with E-state index in [-0.39, 0.29) is 23.9 Å². The van der Waals surface area contributed by atoms with Crippen LogP contribution >= 0.6 is 15.9 Å². The van der Waals surface area contributed by atoms with Crippen molar-refractivity contribution in [3.05, 3.63) is 40.5 Å². The van der Waals surface area contributed by atoms with Crippen LogP contribution in [0.4, 0.5) is 10.2 Å². The SMILES string of the molecule is CCOC(=O)c1ncn(-c2ccc(F)c(Br)c2)c1N. The maximum absolute atomic E-state index is 13.2. The van der Waals surface area contributed by atoms with Crippen LogP contribution in [0.3, 0.4) is 0 Å². The maximum Gasteiger partial charge on any atom is 0.360 e. The molecular formula is C12H11BrFN3O2. The lowest BCUT2D eigenvalue weighted by Crippen LogP contribution is -2.09. The number of aromatic nitrogens is 2. The number of imidazole rings is 1. The van der Waals surface area contributed by atoms with Crippen molar-refractivity contribution in [3.63, 3.8) is 0 Å². The molecule has 1 heterocycles. The zero-order chi connectivity index (χ0) is 14.0. The summed E-state index contributed by atoms with van der Waals surface area (Å²) in [7, 11) is 0. The van der Waals surface area contributed by atoms with Gasteiger partial charge in [-0.05, 0) is 41.1 Å². The number of ether oxygens (including phenoxy) is 1. The van der Waals surface area contributed by atoms with Gasteiger partial charge in [0, 0.05) is 5.69 Å². The van der Waals surface area contributed by atoms with Crippen LogP contribution in [0.5, 0.6) is 0 Å². The molecule has 0 amide bonds. The second-order valence-corrected chi connectivity index (χ2v) is 4.52. The van der Waals surface area contributed by atoms with Crippen molar-refractivity contribution in [2.45, 2.75) is 6.92 Å². The minimum atomic E-state index is -0.583. The zero-order valence-electron chi connectivity index (χ0n) is 10.1. The van der Waals surface area contributed by atoms with Crippen molar-refractivity contribution in [3.8, 4) is 5.69 Å². The summed E-state index contributed by atoms with van der Waals surface area (Å²) < 4.78 is 19.8. The fourth-order valence-corrected chi connectivity index (χ4v) is 1.92. The summed E-state index contributed by atoms with van der Waals surface area (Å²) in [6.45, 7) is 1.94. The average Bonchev–Trinajstić information content (AvgIpc) is 2.75. The Balaban J connectivity index is 2.41. The molecular weight excluding hydrogens is 317 g/mol. The van der Waals surface area contributed by atoms with E-state index in [0.717, 1.165) is 0 Å². The molecule has 1 aromatic heterocycles. The molecule has 5 nitrogen and oxygen atoms in total. The van der Waals surface area contributed by atoms with Crippen LogP contribution in [0.1, 0.15) is 17.4 Å². The molecule has 0 spiro atoms. The van der Waals surface area contributed by atoms with Crippen LogP contribution in [0, 0.1) is 5.82 Å². The van der Waals surface area contributed by atoms with Crippen LogP contribution in [0.25, 0.3) is 5.69 Å². The maximum atomic E-state index is 13.2. The molecule has 0 saturated carbocycles. The zero-order valence-corrected chi connectivity index (χ0v) is 11.6. The van der Waals surface area contributed by atoms with Crippen LogP contribution in [0.15, 0.2) is 29.0 Å². The first-order valence-electron chi connectivity index (χ1n) is 5.50. The molecule has 0 atom stereocenters. The molecule has 0 saturated heterocycles. The average molecular weight is 328 g/mol. The van der Waals surface area contributed by atoms with E-state index < -0.39 is 5.97 Å². The number of anilines is 1. The third-order valence-electron chi connectivity index (χ3n) is 2.45. The molecule has 19 heavy (non-hydrogen) atoms. The van der Waals surface area contributed by atoms with Crippen molar-refractivity contribution in [2.24, 2.45) is 0 Å². The second-order valence-electron chi connectivity index (χ2n) is 3.67. The van der Waals surface area contributed by atoms with Crippen LogP contribution in [-0.4, -0.2) is 22.1 Å². The first kappa shape index (κ1) is 13.5. The smallest absolute Gasteiger partial charge is 0.360 e. The Labute approximate surface area is 117 Å². The number of carbonyl (C=O) groups is 1. The van der Waals surface area contributed by atoms with Gasteiger partial charge in [0.15, 0.2) is 5.69 Å². The third kappa shape index (κ3) is 2.60. The predicted molar refractivity (Wildman–Crippen MR) is 71.6 cm³/mol. The first-order valence-corrected chi connectivity index (χ1v) is 6.29. The van der Waals surface area contributed by atoms with E-state index in [1.165, 1.54) is 23.0 Å². The predicted octanol–water partition coefficient (Wildman–Crippen LogP) is 2.53. The summed E-state index contributed by atoms with van der Waals surface area (Å²) in [5, 5.41) is 0. The molecule has 0 aliphatic heterocycles. The van der Waals surface area contributed by atoms with E-state index in [2.05, 4.69) is 20.9 Å². The summed E-state index contributed by atoms with van der Waals surface area (Å²) >= 11 is 3.09. The van der Waals surface area contributed by atoms with Gasteiger partial charge in [-0.3, -0.25) is 4.57 Å². The van der Waals surface area contributed by atoms with E-state index in [1.54, 1.807) is 13.0 Å². The Morgan fingerprint density at radius 2 is 2.32 bits per heavy atom. The Bertz CT molecular complexity index is 627. The molecule has 0 fully saturated rings. The third-order valence-corrected chi connectivity index (χ3v) is 3.06. The Hall–Kier alpha value is -1.89. The van der Waals surface area contributed by atoms with Gasteiger partial charge < -0.3 is 10.5 Å². The van der Waals surface area contributed by atoms with Gasteiger partial charge in [0.25, 0.3) is 0 Å². The van der Waals surface area contributed by atoms with Crippen molar-refractivity contribution in [2.75, 3.05) is 12.3 Å². The largest absolute Gasteiger partial charge is 0.461 e. The number of halogens is 2. The molecule has 1 aromatic carbocycles. The summed E-state index contributed by atoms with van der Waals surface area (Å²) in [6.07, 6.45) is 1.39. The van der Waals surface area contributed by atoms with Gasteiger partial charge in [-0.2, -0.15) is 0 Å². The van der Waals surface area contributed by atoms with Gasteiger partial charge in [0.2, 0.25) is 0 Å². The Morgan fingerprint density at radius 1 is 1.58 bits per heavy atom. The van der Waals surface area contributed by atoms with Gasteiger partial charge in [-0.25, -0.2) is 14.2 Å². The molecule has 7 heteroatoms. The number of esters is 1. The Kier molecular flexibility index (Phi) is 3.84. The fraction of sp³-hybridized carbons (Fsp3) is 0.167. The molecule has 0 aliphatic carbocycles. The van der Waals surface area contributed by atoms with Crippen LogP contribution in [-0.2, 0) is 4.74 Å². The van der Waals surface area contributed by atoms with E-state index in [1.807, 2.05) is 0 Å². The van der Waals surface area contributed by atoms with Gasteiger partial charge in [0.05, 0.1) is 11.1 Å². The second kappa shape index (κ2) is 5.40. The molecule has 100 valence electrons. The highest BCUT2D eigenvalue weighted by Crippen LogP contribution is 2.23.